The van der Waals surface area contributed by atoms with Crippen molar-refractivity contribution in [3.63, 3.8) is 0 Å². The van der Waals surface area contributed by atoms with Gasteiger partial charge in [-0.1, -0.05) is 13.8 Å². The van der Waals surface area contributed by atoms with E-state index in [0.717, 1.165) is 0 Å². The molecule has 0 atom stereocenters. The van der Waals surface area contributed by atoms with Gasteiger partial charge in [0.25, 0.3) is 5.88 Å². The van der Waals surface area contributed by atoms with Crippen LogP contribution in [0.3, 0.4) is 0 Å². The zero-order valence-electron chi connectivity index (χ0n) is 12.2. The van der Waals surface area contributed by atoms with Gasteiger partial charge in [0.15, 0.2) is 5.82 Å². The lowest BCUT2D eigenvalue weighted by Crippen LogP contribution is -2.13. The summed E-state index contributed by atoms with van der Waals surface area (Å²) < 4.78 is 10.4. The highest BCUT2D eigenvalue weighted by atomic mass is 16.6. The zero-order chi connectivity index (χ0) is 15.1. The first-order valence-corrected chi connectivity index (χ1v) is 6.40. The fourth-order valence-electron chi connectivity index (χ4n) is 1.47. The topological polar surface area (TPSA) is 99.4 Å². The van der Waals surface area contributed by atoms with Gasteiger partial charge in [-0.25, -0.2) is 4.98 Å². The molecule has 0 saturated heterocycles. The predicted molar refractivity (Wildman–Crippen MR) is 73.9 cm³/mol. The van der Waals surface area contributed by atoms with Gasteiger partial charge < -0.3 is 14.8 Å². The van der Waals surface area contributed by atoms with Crippen LogP contribution in [-0.4, -0.2) is 35.2 Å². The maximum absolute atomic E-state index is 11.2. The number of nitro groups is 1. The number of methoxy groups -OCH3 is 1. The van der Waals surface area contributed by atoms with Crippen LogP contribution in [0, 0.1) is 16.0 Å². The Morgan fingerprint density at radius 3 is 2.60 bits per heavy atom. The molecule has 0 aromatic carbocycles. The Kier molecular flexibility index (Phi) is 6.10. The second-order valence-electron chi connectivity index (χ2n) is 4.57. The number of rotatable bonds is 8. The number of nitrogens with zero attached hydrogens (tertiary/aromatic N) is 3. The molecule has 0 spiro atoms. The molecule has 0 amide bonds. The minimum absolute atomic E-state index is 0.0262. The summed E-state index contributed by atoms with van der Waals surface area (Å²) in [6.07, 6.45) is 0. The van der Waals surface area contributed by atoms with Crippen molar-refractivity contribution in [3.8, 4) is 5.88 Å². The van der Waals surface area contributed by atoms with Gasteiger partial charge in [-0.3, -0.25) is 10.1 Å². The fourth-order valence-corrected chi connectivity index (χ4v) is 1.47. The molecule has 112 valence electrons. The molecule has 1 aromatic rings. The SMILES string of the molecule is CCNc1nc(COC)nc(OCC(C)C)c1[N+](=O)[O-]. The third-order valence-corrected chi connectivity index (χ3v) is 2.25. The van der Waals surface area contributed by atoms with E-state index in [0.29, 0.717) is 19.0 Å². The Morgan fingerprint density at radius 2 is 2.10 bits per heavy atom. The molecule has 0 fully saturated rings. The van der Waals surface area contributed by atoms with Crippen molar-refractivity contribution >= 4 is 11.5 Å². The van der Waals surface area contributed by atoms with Gasteiger partial charge in [-0.2, -0.15) is 4.98 Å². The van der Waals surface area contributed by atoms with Crippen LogP contribution in [-0.2, 0) is 11.3 Å². The van der Waals surface area contributed by atoms with Gasteiger partial charge in [-0.15, -0.1) is 0 Å². The number of hydrogen-bond acceptors (Lipinski definition) is 7. The number of hydrogen-bond donors (Lipinski definition) is 1. The summed E-state index contributed by atoms with van der Waals surface area (Å²) in [5.74, 6) is 0.700. The first-order chi connectivity index (χ1) is 9.49. The van der Waals surface area contributed by atoms with E-state index >= 15 is 0 Å². The molecule has 1 rings (SSSR count). The van der Waals surface area contributed by atoms with Gasteiger partial charge in [0.2, 0.25) is 5.82 Å². The summed E-state index contributed by atoms with van der Waals surface area (Å²) in [6, 6.07) is 0. The number of ether oxygens (including phenoxy) is 2. The van der Waals surface area contributed by atoms with E-state index in [4.69, 9.17) is 9.47 Å². The Morgan fingerprint density at radius 1 is 1.40 bits per heavy atom. The molecule has 1 N–H and O–H groups in total. The van der Waals surface area contributed by atoms with Crippen molar-refractivity contribution in [2.45, 2.75) is 27.4 Å². The highest BCUT2D eigenvalue weighted by molar-refractivity contribution is 5.61. The van der Waals surface area contributed by atoms with Crippen LogP contribution < -0.4 is 10.1 Å². The molecular formula is C12H20N4O4. The quantitative estimate of drug-likeness (QED) is 0.575. The average molecular weight is 284 g/mol. The largest absolute Gasteiger partial charge is 0.472 e. The molecule has 8 heteroatoms. The highest BCUT2D eigenvalue weighted by Crippen LogP contribution is 2.32. The maximum atomic E-state index is 11.2. The Labute approximate surface area is 117 Å². The van der Waals surface area contributed by atoms with E-state index in [1.807, 2.05) is 20.8 Å². The van der Waals surface area contributed by atoms with Crippen LogP contribution >= 0.6 is 0 Å². The third kappa shape index (κ3) is 4.30. The van der Waals surface area contributed by atoms with Crippen LogP contribution in [0.4, 0.5) is 11.5 Å². The summed E-state index contributed by atoms with van der Waals surface area (Å²) in [5, 5.41) is 14.1. The van der Waals surface area contributed by atoms with Gasteiger partial charge >= 0.3 is 5.69 Å². The predicted octanol–water partition coefficient (Wildman–Crippen LogP) is 2.00. The molecule has 0 aliphatic heterocycles. The van der Waals surface area contributed by atoms with Gasteiger partial charge in [0.05, 0.1) is 11.5 Å². The Bertz CT molecular complexity index is 465. The molecule has 0 aliphatic carbocycles. The average Bonchev–Trinajstić information content (AvgIpc) is 2.36. The molecule has 0 unspecified atom stereocenters. The van der Waals surface area contributed by atoms with E-state index in [1.165, 1.54) is 7.11 Å². The molecule has 0 bridgehead atoms. The lowest BCUT2D eigenvalue weighted by Gasteiger charge is -2.12. The minimum atomic E-state index is -0.537. The van der Waals surface area contributed by atoms with Crippen molar-refractivity contribution in [3.05, 3.63) is 15.9 Å². The number of anilines is 1. The second kappa shape index (κ2) is 7.59. The molecular weight excluding hydrogens is 264 g/mol. The van der Waals surface area contributed by atoms with E-state index in [-0.39, 0.29) is 29.9 Å². The highest BCUT2D eigenvalue weighted by Gasteiger charge is 2.26. The molecule has 1 aromatic heterocycles. The van der Waals surface area contributed by atoms with Crippen molar-refractivity contribution in [1.29, 1.82) is 0 Å². The van der Waals surface area contributed by atoms with Crippen molar-refractivity contribution < 1.29 is 14.4 Å². The van der Waals surface area contributed by atoms with Crippen molar-refractivity contribution in [2.75, 3.05) is 25.6 Å². The summed E-state index contributed by atoms with van der Waals surface area (Å²) in [7, 11) is 1.51. The lowest BCUT2D eigenvalue weighted by molar-refractivity contribution is -0.385. The van der Waals surface area contributed by atoms with Crippen LogP contribution in [0.2, 0.25) is 0 Å². The van der Waals surface area contributed by atoms with E-state index in [9.17, 15) is 10.1 Å². The van der Waals surface area contributed by atoms with Crippen LogP contribution in [0.25, 0.3) is 0 Å². The monoisotopic (exact) mass is 284 g/mol. The van der Waals surface area contributed by atoms with Gasteiger partial charge in [-0.05, 0) is 12.8 Å². The van der Waals surface area contributed by atoms with Crippen LogP contribution in [0.15, 0.2) is 0 Å². The third-order valence-electron chi connectivity index (χ3n) is 2.25. The standard InChI is InChI=1S/C12H20N4O4/c1-5-13-11-10(16(17)18)12(20-6-8(2)3)15-9(14-11)7-19-4/h8H,5-7H2,1-4H3,(H,13,14,15). The molecule has 20 heavy (non-hydrogen) atoms. The molecule has 0 aliphatic rings. The Balaban J connectivity index is 3.22. The molecule has 0 saturated carbocycles. The maximum Gasteiger partial charge on any atom is 0.372 e. The number of nitrogens with one attached hydrogen (secondary N) is 1. The summed E-state index contributed by atoms with van der Waals surface area (Å²) in [4.78, 5) is 18.8. The lowest BCUT2D eigenvalue weighted by atomic mass is 10.2. The van der Waals surface area contributed by atoms with E-state index in [1.54, 1.807) is 0 Å². The molecule has 8 nitrogen and oxygen atoms in total. The van der Waals surface area contributed by atoms with Gasteiger partial charge in [0, 0.05) is 13.7 Å². The normalized spacial score (nSPS) is 10.7. The molecule has 0 radical (unpaired) electrons. The van der Waals surface area contributed by atoms with E-state index < -0.39 is 4.92 Å². The second-order valence-corrected chi connectivity index (χ2v) is 4.57. The smallest absolute Gasteiger partial charge is 0.372 e. The molecule has 1 heterocycles. The van der Waals surface area contributed by atoms with Crippen LogP contribution in [0.5, 0.6) is 5.88 Å². The zero-order valence-corrected chi connectivity index (χ0v) is 12.2. The minimum Gasteiger partial charge on any atom is -0.472 e. The number of aromatic nitrogens is 2. The van der Waals surface area contributed by atoms with Crippen molar-refractivity contribution in [2.24, 2.45) is 5.92 Å². The first-order valence-electron chi connectivity index (χ1n) is 6.40. The van der Waals surface area contributed by atoms with E-state index in [2.05, 4.69) is 15.3 Å². The summed E-state index contributed by atoms with van der Waals surface area (Å²) >= 11 is 0. The fraction of sp³-hybridized carbons (Fsp3) is 0.667. The summed E-state index contributed by atoms with van der Waals surface area (Å²) in [5.41, 5.74) is -0.243. The first kappa shape index (κ1) is 16.1. The Hall–Kier alpha value is -1.96. The van der Waals surface area contributed by atoms with Gasteiger partial charge in [0.1, 0.15) is 6.61 Å². The summed E-state index contributed by atoms with van der Waals surface area (Å²) in [6.45, 7) is 6.75. The van der Waals surface area contributed by atoms with Crippen molar-refractivity contribution in [1.82, 2.24) is 9.97 Å². The van der Waals surface area contributed by atoms with Crippen LogP contribution in [0.1, 0.15) is 26.6 Å².